The average Bonchev–Trinajstić information content (AvgIpc) is 3.58. The van der Waals surface area contributed by atoms with E-state index < -0.39 is 0 Å². The fraction of sp³-hybridized carbons (Fsp3) is 0.400. The zero-order chi connectivity index (χ0) is 21.2. The lowest BCUT2D eigenvalue weighted by Gasteiger charge is -2.39. The van der Waals surface area contributed by atoms with Crippen molar-refractivity contribution in [2.75, 3.05) is 31.5 Å². The van der Waals surface area contributed by atoms with E-state index in [0.29, 0.717) is 24.3 Å². The number of hydrogen-bond acceptors (Lipinski definition) is 3. The van der Waals surface area contributed by atoms with E-state index in [1.807, 2.05) is 34.2 Å². The molecule has 2 fully saturated rings. The summed E-state index contributed by atoms with van der Waals surface area (Å²) in [7, 11) is 0. The SMILES string of the molecule is O=C(CC1CC1)N1CC=C(c2ccc(NC(=O)N3CC(c4cccnc4)C3)cc2)CC1. The van der Waals surface area contributed by atoms with Crippen molar-refractivity contribution in [1.82, 2.24) is 14.8 Å². The second-order valence-corrected chi connectivity index (χ2v) is 8.86. The molecule has 0 atom stereocenters. The number of benzene rings is 1. The van der Waals surface area contributed by atoms with Crippen LogP contribution in [0.15, 0.2) is 54.9 Å². The quantitative estimate of drug-likeness (QED) is 0.797. The predicted octanol–water partition coefficient (Wildman–Crippen LogP) is 4.13. The van der Waals surface area contributed by atoms with Gasteiger partial charge in [0.05, 0.1) is 0 Å². The summed E-state index contributed by atoms with van der Waals surface area (Å²) in [6, 6.07) is 12.0. The molecule has 5 rings (SSSR count). The monoisotopic (exact) mass is 416 g/mol. The number of hydrogen-bond donors (Lipinski definition) is 1. The number of amides is 3. The van der Waals surface area contributed by atoms with Crippen LogP contribution in [-0.2, 0) is 4.79 Å². The van der Waals surface area contributed by atoms with E-state index >= 15 is 0 Å². The molecule has 31 heavy (non-hydrogen) atoms. The van der Waals surface area contributed by atoms with Crippen LogP contribution in [0.2, 0.25) is 0 Å². The van der Waals surface area contributed by atoms with E-state index in [-0.39, 0.29) is 6.03 Å². The molecule has 0 unspecified atom stereocenters. The number of likely N-dealkylation sites (tertiary alicyclic amines) is 1. The molecular formula is C25H28N4O2. The Morgan fingerprint density at radius 1 is 1.06 bits per heavy atom. The van der Waals surface area contributed by atoms with Gasteiger partial charge in [0.1, 0.15) is 0 Å². The van der Waals surface area contributed by atoms with Gasteiger partial charge in [-0.15, -0.1) is 0 Å². The Bertz CT molecular complexity index is 976. The lowest BCUT2D eigenvalue weighted by atomic mass is 9.93. The smallest absolute Gasteiger partial charge is 0.321 e. The van der Waals surface area contributed by atoms with Gasteiger partial charge in [0, 0.05) is 56.6 Å². The minimum Gasteiger partial charge on any atom is -0.339 e. The number of carbonyl (C=O) groups excluding carboxylic acids is 2. The minimum atomic E-state index is -0.0606. The van der Waals surface area contributed by atoms with Gasteiger partial charge >= 0.3 is 6.03 Å². The molecule has 1 aromatic heterocycles. The van der Waals surface area contributed by atoms with Gasteiger partial charge in [-0.25, -0.2) is 4.79 Å². The normalized spacial score (nSPS) is 18.9. The van der Waals surface area contributed by atoms with Crippen molar-refractivity contribution in [3.63, 3.8) is 0 Å². The fourth-order valence-corrected chi connectivity index (χ4v) is 4.30. The molecule has 3 amide bonds. The Kier molecular flexibility index (Phi) is 5.45. The molecule has 3 aliphatic rings. The molecule has 3 heterocycles. The maximum Gasteiger partial charge on any atom is 0.321 e. The van der Waals surface area contributed by atoms with E-state index in [2.05, 4.69) is 34.6 Å². The molecule has 0 spiro atoms. The van der Waals surface area contributed by atoms with Gasteiger partial charge in [0.25, 0.3) is 0 Å². The van der Waals surface area contributed by atoms with Crippen molar-refractivity contribution in [2.45, 2.75) is 31.6 Å². The van der Waals surface area contributed by atoms with Crippen LogP contribution in [0.5, 0.6) is 0 Å². The van der Waals surface area contributed by atoms with Gasteiger partial charge in [-0.3, -0.25) is 9.78 Å². The third-order valence-electron chi connectivity index (χ3n) is 6.55. The molecule has 1 saturated heterocycles. The Morgan fingerprint density at radius 3 is 2.52 bits per heavy atom. The van der Waals surface area contributed by atoms with E-state index in [4.69, 9.17) is 0 Å². The predicted molar refractivity (Wildman–Crippen MR) is 121 cm³/mol. The highest BCUT2D eigenvalue weighted by atomic mass is 16.2. The molecule has 1 aromatic carbocycles. The van der Waals surface area contributed by atoms with Crippen molar-refractivity contribution in [3.05, 3.63) is 66.0 Å². The molecule has 1 N–H and O–H groups in total. The van der Waals surface area contributed by atoms with Crippen molar-refractivity contribution in [3.8, 4) is 0 Å². The van der Waals surface area contributed by atoms with Gasteiger partial charge in [-0.05, 0) is 60.1 Å². The number of aromatic nitrogens is 1. The number of nitrogens with zero attached hydrogens (tertiary/aromatic N) is 3. The molecule has 1 aliphatic carbocycles. The summed E-state index contributed by atoms with van der Waals surface area (Å²) in [5, 5.41) is 2.99. The summed E-state index contributed by atoms with van der Waals surface area (Å²) in [4.78, 5) is 32.7. The van der Waals surface area contributed by atoms with E-state index in [9.17, 15) is 9.59 Å². The molecule has 6 heteroatoms. The Balaban J connectivity index is 1.11. The molecular weight excluding hydrogens is 388 g/mol. The average molecular weight is 417 g/mol. The number of anilines is 1. The lowest BCUT2D eigenvalue weighted by molar-refractivity contribution is -0.131. The van der Waals surface area contributed by atoms with Gasteiger partial charge in [0.2, 0.25) is 5.91 Å². The van der Waals surface area contributed by atoms with Crippen LogP contribution in [0, 0.1) is 5.92 Å². The van der Waals surface area contributed by atoms with Crippen LogP contribution in [-0.4, -0.2) is 52.9 Å². The van der Waals surface area contributed by atoms with E-state index in [0.717, 1.165) is 43.7 Å². The first-order valence-electron chi connectivity index (χ1n) is 11.2. The molecule has 6 nitrogen and oxygen atoms in total. The first-order chi connectivity index (χ1) is 15.2. The van der Waals surface area contributed by atoms with Crippen LogP contribution >= 0.6 is 0 Å². The molecule has 2 aliphatic heterocycles. The van der Waals surface area contributed by atoms with Crippen LogP contribution in [0.4, 0.5) is 10.5 Å². The summed E-state index contributed by atoms with van der Waals surface area (Å²) in [5.74, 6) is 1.31. The number of rotatable bonds is 5. The lowest BCUT2D eigenvalue weighted by Crippen LogP contribution is -2.50. The van der Waals surface area contributed by atoms with E-state index in [1.54, 1.807) is 6.20 Å². The Labute approximate surface area is 183 Å². The molecule has 160 valence electrons. The van der Waals surface area contributed by atoms with Crippen LogP contribution in [0.25, 0.3) is 5.57 Å². The second-order valence-electron chi connectivity index (χ2n) is 8.86. The minimum absolute atomic E-state index is 0.0606. The first kappa shape index (κ1) is 19.8. The Morgan fingerprint density at radius 2 is 1.87 bits per heavy atom. The molecule has 0 radical (unpaired) electrons. The second kappa shape index (κ2) is 8.53. The zero-order valence-electron chi connectivity index (χ0n) is 17.7. The number of urea groups is 1. The molecule has 2 aromatic rings. The zero-order valence-corrected chi connectivity index (χ0v) is 17.7. The van der Waals surface area contributed by atoms with Crippen LogP contribution in [0.1, 0.15) is 42.7 Å². The maximum atomic E-state index is 12.5. The first-order valence-corrected chi connectivity index (χ1v) is 11.2. The summed E-state index contributed by atoms with van der Waals surface area (Å²) in [6.07, 6.45) is 9.84. The third-order valence-corrected chi connectivity index (χ3v) is 6.55. The summed E-state index contributed by atoms with van der Waals surface area (Å²) in [6.45, 7) is 2.94. The number of carbonyl (C=O) groups is 2. The van der Waals surface area contributed by atoms with Gasteiger partial charge in [0.15, 0.2) is 0 Å². The third kappa shape index (κ3) is 4.63. The highest BCUT2D eigenvalue weighted by Gasteiger charge is 2.32. The van der Waals surface area contributed by atoms with Crippen LogP contribution in [0.3, 0.4) is 0 Å². The van der Waals surface area contributed by atoms with Crippen molar-refractivity contribution < 1.29 is 9.59 Å². The van der Waals surface area contributed by atoms with Gasteiger partial charge in [-0.1, -0.05) is 24.3 Å². The van der Waals surface area contributed by atoms with E-state index in [1.165, 1.54) is 24.0 Å². The van der Waals surface area contributed by atoms with Crippen molar-refractivity contribution in [2.24, 2.45) is 5.92 Å². The molecule has 1 saturated carbocycles. The van der Waals surface area contributed by atoms with Crippen molar-refractivity contribution in [1.29, 1.82) is 0 Å². The summed E-state index contributed by atoms with van der Waals surface area (Å²) >= 11 is 0. The number of pyridine rings is 1. The van der Waals surface area contributed by atoms with Crippen LogP contribution < -0.4 is 5.32 Å². The molecule has 0 bridgehead atoms. The topological polar surface area (TPSA) is 65.5 Å². The largest absolute Gasteiger partial charge is 0.339 e. The highest BCUT2D eigenvalue weighted by Crippen LogP contribution is 2.33. The van der Waals surface area contributed by atoms with Gasteiger partial charge < -0.3 is 15.1 Å². The number of nitrogens with one attached hydrogen (secondary N) is 1. The van der Waals surface area contributed by atoms with Crippen molar-refractivity contribution >= 4 is 23.2 Å². The fourth-order valence-electron chi connectivity index (χ4n) is 4.30. The van der Waals surface area contributed by atoms with Gasteiger partial charge in [-0.2, -0.15) is 0 Å². The summed E-state index contributed by atoms with van der Waals surface area (Å²) < 4.78 is 0. The standard InChI is InChI=1S/C25H28N4O2/c30-24(14-18-3-4-18)28-12-9-20(10-13-28)19-5-7-23(8-6-19)27-25(31)29-16-22(17-29)21-2-1-11-26-15-21/h1-2,5-9,11,15,18,22H,3-4,10,12-14,16-17H2,(H,27,31). The Hall–Kier alpha value is -3.15. The highest BCUT2D eigenvalue weighted by molar-refractivity contribution is 5.90. The maximum absolute atomic E-state index is 12.5. The summed E-state index contributed by atoms with van der Waals surface area (Å²) in [5.41, 5.74) is 4.42.